The molecule has 0 spiro atoms. The van der Waals surface area contributed by atoms with Crippen molar-refractivity contribution in [3.8, 4) is 0 Å². The standard InChI is InChI=1S/C13H9Br2FO/c14-9-3-1-8(2-4-9)13(17)11-6-5-10(15)7-12(11)16/h1-7,13,17H. The smallest absolute Gasteiger partial charge is 0.130 e. The van der Waals surface area contributed by atoms with E-state index in [0.717, 1.165) is 4.47 Å². The highest BCUT2D eigenvalue weighted by Gasteiger charge is 2.14. The minimum absolute atomic E-state index is 0.274. The van der Waals surface area contributed by atoms with E-state index in [0.29, 0.717) is 10.0 Å². The van der Waals surface area contributed by atoms with E-state index < -0.39 is 11.9 Å². The van der Waals surface area contributed by atoms with Gasteiger partial charge in [-0.05, 0) is 29.8 Å². The lowest BCUT2D eigenvalue weighted by molar-refractivity contribution is 0.215. The fourth-order valence-electron chi connectivity index (χ4n) is 1.55. The number of hydrogen-bond donors (Lipinski definition) is 1. The predicted octanol–water partition coefficient (Wildman–Crippen LogP) is 4.43. The molecule has 2 rings (SSSR count). The van der Waals surface area contributed by atoms with Crippen molar-refractivity contribution in [3.63, 3.8) is 0 Å². The molecule has 0 heterocycles. The highest BCUT2D eigenvalue weighted by Crippen LogP contribution is 2.27. The average molecular weight is 360 g/mol. The summed E-state index contributed by atoms with van der Waals surface area (Å²) in [5.74, 6) is -0.421. The van der Waals surface area contributed by atoms with E-state index in [9.17, 15) is 9.50 Å². The van der Waals surface area contributed by atoms with E-state index in [-0.39, 0.29) is 5.56 Å². The van der Waals surface area contributed by atoms with Crippen molar-refractivity contribution >= 4 is 31.9 Å². The molecular weight excluding hydrogens is 351 g/mol. The zero-order chi connectivity index (χ0) is 12.4. The van der Waals surface area contributed by atoms with Gasteiger partial charge >= 0.3 is 0 Å². The van der Waals surface area contributed by atoms with E-state index in [2.05, 4.69) is 31.9 Å². The van der Waals surface area contributed by atoms with E-state index >= 15 is 0 Å². The average Bonchev–Trinajstić information content (AvgIpc) is 2.29. The number of aliphatic hydroxyl groups excluding tert-OH is 1. The summed E-state index contributed by atoms with van der Waals surface area (Å²) in [7, 11) is 0. The first kappa shape index (κ1) is 12.7. The van der Waals surface area contributed by atoms with Crippen LogP contribution in [0.5, 0.6) is 0 Å². The van der Waals surface area contributed by atoms with Crippen molar-refractivity contribution in [1.82, 2.24) is 0 Å². The lowest BCUT2D eigenvalue weighted by Crippen LogP contribution is -2.02. The van der Waals surface area contributed by atoms with Crippen LogP contribution in [0.1, 0.15) is 17.2 Å². The maximum Gasteiger partial charge on any atom is 0.130 e. The normalized spacial score (nSPS) is 12.5. The fourth-order valence-corrected chi connectivity index (χ4v) is 2.15. The summed E-state index contributed by atoms with van der Waals surface area (Å²) >= 11 is 6.50. The van der Waals surface area contributed by atoms with Crippen LogP contribution in [0.15, 0.2) is 51.4 Å². The molecule has 4 heteroatoms. The van der Waals surface area contributed by atoms with Gasteiger partial charge in [0.2, 0.25) is 0 Å². The molecule has 0 aromatic heterocycles. The molecule has 1 nitrogen and oxygen atoms in total. The highest BCUT2D eigenvalue weighted by atomic mass is 79.9. The summed E-state index contributed by atoms with van der Waals surface area (Å²) in [6, 6.07) is 11.8. The zero-order valence-electron chi connectivity index (χ0n) is 8.70. The first-order valence-corrected chi connectivity index (χ1v) is 6.55. The Morgan fingerprint density at radius 3 is 2.12 bits per heavy atom. The van der Waals surface area contributed by atoms with Crippen molar-refractivity contribution < 1.29 is 9.50 Å². The summed E-state index contributed by atoms with van der Waals surface area (Å²) in [5.41, 5.74) is 0.935. The molecule has 1 unspecified atom stereocenters. The fraction of sp³-hybridized carbons (Fsp3) is 0.0769. The third kappa shape index (κ3) is 2.94. The molecule has 0 amide bonds. The van der Waals surface area contributed by atoms with Crippen LogP contribution in [0.25, 0.3) is 0 Å². The number of hydrogen-bond acceptors (Lipinski definition) is 1. The van der Waals surface area contributed by atoms with Gasteiger partial charge in [-0.25, -0.2) is 4.39 Å². The number of aliphatic hydroxyl groups is 1. The van der Waals surface area contributed by atoms with E-state index in [1.54, 1.807) is 24.3 Å². The number of benzene rings is 2. The Morgan fingerprint density at radius 1 is 0.941 bits per heavy atom. The van der Waals surface area contributed by atoms with Crippen molar-refractivity contribution in [3.05, 3.63) is 68.4 Å². The van der Waals surface area contributed by atoms with Gasteiger partial charge in [-0.1, -0.05) is 50.1 Å². The van der Waals surface area contributed by atoms with Crippen molar-refractivity contribution in [1.29, 1.82) is 0 Å². The second kappa shape index (κ2) is 5.29. The maximum absolute atomic E-state index is 13.7. The SMILES string of the molecule is OC(c1ccc(Br)cc1)c1ccc(Br)cc1F. The van der Waals surface area contributed by atoms with Crippen LogP contribution in [0.2, 0.25) is 0 Å². The lowest BCUT2D eigenvalue weighted by Gasteiger charge is -2.12. The molecule has 1 atom stereocenters. The Bertz CT molecular complexity index is 525. The van der Waals surface area contributed by atoms with Crippen molar-refractivity contribution in [2.24, 2.45) is 0 Å². The second-order valence-electron chi connectivity index (χ2n) is 3.62. The minimum atomic E-state index is -0.948. The van der Waals surface area contributed by atoms with Gasteiger partial charge in [0.25, 0.3) is 0 Å². The van der Waals surface area contributed by atoms with E-state index in [1.807, 2.05) is 12.1 Å². The summed E-state index contributed by atoms with van der Waals surface area (Å²) in [6.45, 7) is 0. The van der Waals surface area contributed by atoms with Crippen LogP contribution < -0.4 is 0 Å². The van der Waals surface area contributed by atoms with Crippen LogP contribution in [-0.2, 0) is 0 Å². The quantitative estimate of drug-likeness (QED) is 0.840. The second-order valence-corrected chi connectivity index (χ2v) is 5.45. The first-order chi connectivity index (χ1) is 8.08. The van der Waals surface area contributed by atoms with Crippen LogP contribution in [0.3, 0.4) is 0 Å². The van der Waals surface area contributed by atoms with Crippen molar-refractivity contribution in [2.75, 3.05) is 0 Å². The molecule has 1 N–H and O–H groups in total. The Morgan fingerprint density at radius 2 is 1.53 bits per heavy atom. The summed E-state index contributed by atoms with van der Waals surface area (Å²) in [5, 5.41) is 10.1. The van der Waals surface area contributed by atoms with Gasteiger partial charge in [0.15, 0.2) is 0 Å². The zero-order valence-corrected chi connectivity index (χ0v) is 11.9. The Balaban J connectivity index is 2.36. The molecular formula is C13H9Br2FO. The third-order valence-corrected chi connectivity index (χ3v) is 3.46. The molecule has 0 saturated carbocycles. The van der Waals surface area contributed by atoms with Crippen LogP contribution in [-0.4, -0.2) is 5.11 Å². The van der Waals surface area contributed by atoms with Crippen LogP contribution in [0.4, 0.5) is 4.39 Å². The topological polar surface area (TPSA) is 20.2 Å². The largest absolute Gasteiger partial charge is 0.384 e. The van der Waals surface area contributed by atoms with Gasteiger partial charge in [0.1, 0.15) is 11.9 Å². The third-order valence-electron chi connectivity index (χ3n) is 2.44. The van der Waals surface area contributed by atoms with Crippen molar-refractivity contribution in [2.45, 2.75) is 6.10 Å². The maximum atomic E-state index is 13.7. The molecule has 0 radical (unpaired) electrons. The molecule has 0 bridgehead atoms. The number of halogens is 3. The van der Waals surface area contributed by atoms with Crippen LogP contribution >= 0.6 is 31.9 Å². The summed E-state index contributed by atoms with van der Waals surface area (Å²) in [6.07, 6.45) is -0.948. The first-order valence-electron chi connectivity index (χ1n) is 4.96. The Hall–Kier alpha value is -0.710. The Kier molecular flexibility index (Phi) is 3.97. The molecule has 0 aliphatic rings. The van der Waals surface area contributed by atoms with Gasteiger partial charge in [-0.15, -0.1) is 0 Å². The van der Waals surface area contributed by atoms with E-state index in [1.165, 1.54) is 6.07 Å². The molecule has 88 valence electrons. The van der Waals surface area contributed by atoms with Gasteiger partial charge in [0, 0.05) is 14.5 Å². The van der Waals surface area contributed by atoms with Gasteiger partial charge < -0.3 is 5.11 Å². The molecule has 17 heavy (non-hydrogen) atoms. The van der Waals surface area contributed by atoms with Gasteiger partial charge in [0.05, 0.1) is 0 Å². The van der Waals surface area contributed by atoms with E-state index in [4.69, 9.17) is 0 Å². The monoisotopic (exact) mass is 358 g/mol. The molecule has 0 saturated heterocycles. The molecule has 2 aromatic carbocycles. The summed E-state index contributed by atoms with van der Waals surface area (Å²) < 4.78 is 15.2. The molecule has 2 aromatic rings. The molecule has 0 fully saturated rings. The molecule has 0 aliphatic carbocycles. The Labute approximate surface area is 116 Å². The lowest BCUT2D eigenvalue weighted by atomic mass is 10.0. The minimum Gasteiger partial charge on any atom is -0.384 e. The molecule has 0 aliphatic heterocycles. The number of rotatable bonds is 2. The van der Waals surface area contributed by atoms with Gasteiger partial charge in [-0.3, -0.25) is 0 Å². The summed E-state index contributed by atoms with van der Waals surface area (Å²) in [4.78, 5) is 0. The van der Waals surface area contributed by atoms with Gasteiger partial charge in [-0.2, -0.15) is 0 Å². The predicted molar refractivity (Wildman–Crippen MR) is 72.3 cm³/mol. The van der Waals surface area contributed by atoms with Crippen LogP contribution in [0, 0.1) is 5.82 Å². The highest BCUT2D eigenvalue weighted by molar-refractivity contribution is 9.10.